The predicted molar refractivity (Wildman–Crippen MR) is 131 cm³/mol. The predicted octanol–water partition coefficient (Wildman–Crippen LogP) is 5.38. The van der Waals surface area contributed by atoms with Gasteiger partial charge in [-0.3, -0.25) is 9.59 Å². The largest absolute Gasteiger partial charge is 0.379 e. The van der Waals surface area contributed by atoms with Gasteiger partial charge in [-0.1, -0.05) is 61.2 Å². The standard InChI is InChI=1S/C28H31FN2O3/c1-17-6-3-9-20(14-17)24(15-19-7-4-8-19)30-27(32)25-18(2)31(21-12-13-34-16-21)28(33)26-22(25)10-5-11-23(26)29/h3,5-6,9-11,14,19,21,24H,4,7-8,12-13,15-16H2,1-2H3,(H,30,32). The Labute approximate surface area is 198 Å². The summed E-state index contributed by atoms with van der Waals surface area (Å²) in [4.78, 5) is 27.2. The normalized spacial score (nSPS) is 19.2. The molecule has 6 heteroatoms. The summed E-state index contributed by atoms with van der Waals surface area (Å²) in [5.41, 5.74) is 2.74. The van der Waals surface area contributed by atoms with E-state index in [-0.39, 0.29) is 23.4 Å². The molecule has 1 saturated heterocycles. The molecule has 2 atom stereocenters. The second kappa shape index (κ2) is 9.34. The first-order valence-corrected chi connectivity index (χ1v) is 12.2. The smallest absolute Gasteiger partial charge is 0.261 e. The van der Waals surface area contributed by atoms with Gasteiger partial charge in [-0.25, -0.2) is 4.39 Å². The Morgan fingerprint density at radius 3 is 2.65 bits per heavy atom. The lowest BCUT2D eigenvalue weighted by molar-refractivity contribution is 0.0925. The summed E-state index contributed by atoms with van der Waals surface area (Å²) in [6.45, 7) is 4.76. The fourth-order valence-corrected chi connectivity index (χ4v) is 5.45. The lowest BCUT2D eigenvalue weighted by atomic mass is 9.79. The zero-order valence-electron chi connectivity index (χ0n) is 19.8. The van der Waals surface area contributed by atoms with Gasteiger partial charge in [0.1, 0.15) is 5.82 Å². The van der Waals surface area contributed by atoms with Crippen LogP contribution in [-0.4, -0.2) is 23.7 Å². The van der Waals surface area contributed by atoms with Gasteiger partial charge >= 0.3 is 0 Å². The number of hydrogen-bond donors (Lipinski definition) is 1. The molecule has 1 N–H and O–H groups in total. The molecule has 1 aliphatic heterocycles. The van der Waals surface area contributed by atoms with Crippen molar-refractivity contribution in [2.45, 2.75) is 58.0 Å². The third kappa shape index (κ3) is 4.16. The van der Waals surface area contributed by atoms with Gasteiger partial charge in [-0.2, -0.15) is 0 Å². The van der Waals surface area contributed by atoms with E-state index in [9.17, 15) is 14.0 Å². The van der Waals surface area contributed by atoms with Gasteiger partial charge < -0.3 is 14.6 Å². The monoisotopic (exact) mass is 462 g/mol. The van der Waals surface area contributed by atoms with Gasteiger partial charge in [0.25, 0.3) is 11.5 Å². The molecule has 0 bridgehead atoms. The number of aromatic nitrogens is 1. The van der Waals surface area contributed by atoms with E-state index in [1.54, 1.807) is 23.6 Å². The summed E-state index contributed by atoms with van der Waals surface area (Å²) in [5, 5.41) is 3.59. The molecular formula is C28H31FN2O3. The molecule has 2 fully saturated rings. The zero-order valence-corrected chi connectivity index (χ0v) is 19.8. The maximum Gasteiger partial charge on any atom is 0.261 e. The fourth-order valence-electron chi connectivity index (χ4n) is 5.45. The van der Waals surface area contributed by atoms with Gasteiger partial charge in [-0.05, 0) is 44.2 Å². The number of amides is 1. The van der Waals surface area contributed by atoms with Crippen LogP contribution < -0.4 is 10.9 Å². The molecule has 1 amide bonds. The number of ether oxygens (including phenoxy) is 1. The van der Waals surface area contributed by atoms with E-state index in [1.807, 2.05) is 19.1 Å². The number of halogens is 1. The van der Waals surface area contributed by atoms with Crippen LogP contribution in [0, 0.1) is 25.6 Å². The Hall–Kier alpha value is -2.99. The molecule has 2 heterocycles. The average molecular weight is 463 g/mol. The number of carbonyl (C=O) groups excluding carboxylic acids is 1. The number of nitrogens with one attached hydrogen (secondary N) is 1. The van der Waals surface area contributed by atoms with Crippen molar-refractivity contribution in [1.82, 2.24) is 9.88 Å². The number of hydrogen-bond acceptors (Lipinski definition) is 3. The molecule has 2 aromatic carbocycles. The van der Waals surface area contributed by atoms with Gasteiger partial charge in [0.05, 0.1) is 29.6 Å². The molecule has 3 aromatic rings. The molecule has 1 aromatic heterocycles. The number of rotatable bonds is 6. The van der Waals surface area contributed by atoms with Gasteiger partial charge in [0.2, 0.25) is 0 Å². The van der Waals surface area contributed by atoms with E-state index in [0.29, 0.717) is 42.2 Å². The van der Waals surface area contributed by atoms with Crippen molar-refractivity contribution < 1.29 is 13.9 Å². The van der Waals surface area contributed by atoms with Gasteiger partial charge in [0.15, 0.2) is 0 Å². The summed E-state index contributed by atoms with van der Waals surface area (Å²) < 4.78 is 22.0. The van der Waals surface area contributed by atoms with Crippen LogP contribution >= 0.6 is 0 Å². The van der Waals surface area contributed by atoms with E-state index in [0.717, 1.165) is 17.5 Å². The van der Waals surface area contributed by atoms with E-state index >= 15 is 0 Å². The molecule has 0 radical (unpaired) electrons. The first kappa shape index (κ1) is 22.8. The molecule has 0 spiro atoms. The number of carbonyl (C=O) groups is 1. The quantitative estimate of drug-likeness (QED) is 0.535. The fraction of sp³-hybridized carbons (Fsp3) is 0.429. The van der Waals surface area contributed by atoms with Crippen LogP contribution in [0.1, 0.15) is 71.4 Å². The van der Waals surface area contributed by atoms with Crippen molar-refractivity contribution in [2.75, 3.05) is 13.2 Å². The van der Waals surface area contributed by atoms with Gasteiger partial charge in [-0.15, -0.1) is 0 Å². The van der Waals surface area contributed by atoms with Crippen LogP contribution in [0.2, 0.25) is 0 Å². The van der Waals surface area contributed by atoms with Crippen LogP contribution in [-0.2, 0) is 4.74 Å². The first-order chi connectivity index (χ1) is 16.4. The highest BCUT2D eigenvalue weighted by atomic mass is 19.1. The summed E-state index contributed by atoms with van der Waals surface area (Å²) >= 11 is 0. The summed E-state index contributed by atoms with van der Waals surface area (Å²) in [7, 11) is 0. The SMILES string of the molecule is Cc1cccc(C(CC2CCC2)NC(=O)c2c(C)n(C3CCOC3)c(=O)c3c(F)cccc23)c1. The van der Waals surface area contributed by atoms with Crippen LogP contribution in [0.5, 0.6) is 0 Å². The highest BCUT2D eigenvalue weighted by Crippen LogP contribution is 2.35. The lowest BCUT2D eigenvalue weighted by Gasteiger charge is -2.31. The van der Waals surface area contributed by atoms with E-state index in [1.165, 1.54) is 25.3 Å². The van der Waals surface area contributed by atoms with E-state index < -0.39 is 11.4 Å². The molecule has 178 valence electrons. The molecular weight excluding hydrogens is 431 g/mol. The minimum absolute atomic E-state index is 0.0313. The third-order valence-corrected chi connectivity index (χ3v) is 7.48. The van der Waals surface area contributed by atoms with Crippen molar-refractivity contribution in [3.63, 3.8) is 0 Å². The summed E-state index contributed by atoms with van der Waals surface area (Å²) in [5.74, 6) is -0.286. The van der Waals surface area contributed by atoms with E-state index in [4.69, 9.17) is 4.74 Å². The van der Waals surface area contributed by atoms with Crippen molar-refractivity contribution in [1.29, 1.82) is 0 Å². The number of aryl methyl sites for hydroxylation is 1. The molecule has 1 saturated carbocycles. The minimum atomic E-state index is -0.603. The highest BCUT2D eigenvalue weighted by Gasteiger charge is 2.29. The van der Waals surface area contributed by atoms with E-state index in [2.05, 4.69) is 17.4 Å². The van der Waals surface area contributed by atoms with Crippen molar-refractivity contribution in [3.05, 3.63) is 81.0 Å². The number of nitrogens with zero attached hydrogens (tertiary/aromatic N) is 1. The Bertz CT molecular complexity index is 1290. The topological polar surface area (TPSA) is 60.3 Å². The maximum atomic E-state index is 14.9. The maximum absolute atomic E-state index is 14.9. The zero-order chi connectivity index (χ0) is 23.8. The summed E-state index contributed by atoms with van der Waals surface area (Å²) in [6.07, 6.45) is 5.12. The second-order valence-electron chi connectivity index (χ2n) is 9.79. The first-order valence-electron chi connectivity index (χ1n) is 12.2. The lowest BCUT2D eigenvalue weighted by Crippen LogP contribution is -2.35. The summed E-state index contributed by atoms with van der Waals surface area (Å²) in [6, 6.07) is 12.4. The number of benzene rings is 2. The second-order valence-corrected chi connectivity index (χ2v) is 9.79. The van der Waals surface area contributed by atoms with Crippen molar-refractivity contribution in [3.8, 4) is 0 Å². The van der Waals surface area contributed by atoms with Crippen LogP contribution in [0.15, 0.2) is 47.3 Å². The molecule has 1 aliphatic carbocycles. The molecule has 2 aliphatic rings. The minimum Gasteiger partial charge on any atom is -0.379 e. The average Bonchev–Trinajstić information content (AvgIpc) is 3.29. The molecule has 5 nitrogen and oxygen atoms in total. The Balaban J connectivity index is 1.60. The molecule has 5 rings (SSSR count). The molecule has 34 heavy (non-hydrogen) atoms. The van der Waals surface area contributed by atoms with Crippen molar-refractivity contribution in [2.24, 2.45) is 5.92 Å². The Morgan fingerprint density at radius 1 is 1.18 bits per heavy atom. The van der Waals surface area contributed by atoms with Crippen LogP contribution in [0.4, 0.5) is 4.39 Å². The third-order valence-electron chi connectivity index (χ3n) is 7.48. The Kier molecular flexibility index (Phi) is 6.26. The van der Waals surface area contributed by atoms with Crippen molar-refractivity contribution >= 4 is 16.7 Å². The van der Waals surface area contributed by atoms with Crippen LogP contribution in [0.25, 0.3) is 10.8 Å². The number of pyridine rings is 1. The van der Waals surface area contributed by atoms with Gasteiger partial charge in [0, 0.05) is 17.7 Å². The van der Waals surface area contributed by atoms with Crippen LogP contribution in [0.3, 0.4) is 0 Å². The molecule has 2 unspecified atom stereocenters. The highest BCUT2D eigenvalue weighted by molar-refractivity contribution is 6.08. The Morgan fingerprint density at radius 2 is 1.97 bits per heavy atom. The number of fused-ring (bicyclic) bond motifs is 1.